The molecule has 2 aromatic rings. The molecule has 1 aromatic heterocycles. The van der Waals surface area contributed by atoms with Crippen LogP contribution in [0.4, 0.5) is 0 Å². The molecule has 0 N–H and O–H groups in total. The van der Waals surface area contributed by atoms with Crippen LogP contribution in [0, 0.1) is 11.3 Å². The van der Waals surface area contributed by atoms with Gasteiger partial charge >= 0.3 is 6.08 Å². The largest absolute Gasteiger partial charge is 0.454 e. The average molecular weight is 200 g/mol. The summed E-state index contributed by atoms with van der Waals surface area (Å²) >= 11 is 0. The number of oxazole rings is 1. The average Bonchev–Trinajstić information content (AvgIpc) is 2.78. The maximum atomic E-state index is 8.64. The predicted molar refractivity (Wildman–Crippen MR) is 53.2 cm³/mol. The number of nitriles is 1. The number of nitrogens with zero attached hydrogens (tertiary/aromatic N) is 2. The maximum absolute atomic E-state index is 8.64. The first-order valence-corrected chi connectivity index (χ1v) is 4.34. The Morgan fingerprint density at radius 3 is 2.60 bits per heavy atom. The minimum atomic E-state index is 0.231. The van der Waals surface area contributed by atoms with E-state index in [0.717, 1.165) is 5.56 Å². The van der Waals surface area contributed by atoms with Gasteiger partial charge in [0.25, 0.3) is 0 Å². The van der Waals surface area contributed by atoms with E-state index in [2.05, 4.69) is 11.1 Å². The van der Waals surface area contributed by atoms with Gasteiger partial charge in [0.1, 0.15) is 0 Å². The van der Waals surface area contributed by atoms with Crippen LogP contribution in [0.25, 0.3) is 11.3 Å². The second kappa shape index (κ2) is 3.84. The Bertz CT molecular complexity index is 494. The quantitative estimate of drug-likeness (QED) is 0.745. The van der Waals surface area contributed by atoms with Crippen molar-refractivity contribution in [1.82, 2.24) is 4.98 Å². The summed E-state index contributed by atoms with van der Waals surface area (Å²) in [4.78, 5) is 3.90. The van der Waals surface area contributed by atoms with Crippen LogP contribution in [-0.4, -0.2) is 12.1 Å². The van der Waals surface area contributed by atoms with E-state index in [9.17, 15) is 0 Å². The van der Waals surface area contributed by atoms with Crippen LogP contribution < -0.4 is 4.74 Å². The topological polar surface area (TPSA) is 59.0 Å². The highest BCUT2D eigenvalue weighted by atomic mass is 16.6. The van der Waals surface area contributed by atoms with Crippen LogP contribution in [0.1, 0.15) is 5.56 Å². The molecule has 74 valence electrons. The van der Waals surface area contributed by atoms with Gasteiger partial charge in [-0.15, -0.1) is 0 Å². The van der Waals surface area contributed by atoms with Crippen molar-refractivity contribution in [3.05, 3.63) is 36.0 Å². The molecule has 0 aliphatic rings. The molecule has 0 amide bonds. The lowest BCUT2D eigenvalue weighted by Gasteiger charge is -1.95. The van der Waals surface area contributed by atoms with Crippen LogP contribution in [0.3, 0.4) is 0 Å². The lowest BCUT2D eigenvalue weighted by molar-refractivity contribution is 0.293. The second-order valence-electron chi connectivity index (χ2n) is 2.88. The van der Waals surface area contributed by atoms with Crippen LogP contribution in [0.15, 0.2) is 34.9 Å². The summed E-state index contributed by atoms with van der Waals surface area (Å²) in [6, 6.07) is 9.11. The molecule has 0 bridgehead atoms. The standard InChI is InChI=1S/C11H8N2O2/c1-14-11-13-7-10(15-11)9-4-2-8(6-12)3-5-9/h2-5,7H,1H3. The van der Waals surface area contributed by atoms with Gasteiger partial charge in [0.05, 0.1) is 24.9 Å². The van der Waals surface area contributed by atoms with E-state index >= 15 is 0 Å². The molecule has 1 aromatic carbocycles. The van der Waals surface area contributed by atoms with Crippen molar-refractivity contribution in [2.75, 3.05) is 7.11 Å². The summed E-state index contributed by atoms with van der Waals surface area (Å²) in [5.74, 6) is 0.622. The van der Waals surface area contributed by atoms with Crippen LogP contribution in [0.5, 0.6) is 6.08 Å². The summed E-state index contributed by atoms with van der Waals surface area (Å²) in [6.45, 7) is 0. The number of hydrogen-bond acceptors (Lipinski definition) is 4. The van der Waals surface area contributed by atoms with E-state index in [1.165, 1.54) is 7.11 Å². The smallest absolute Gasteiger partial charge is 0.393 e. The van der Waals surface area contributed by atoms with Crippen LogP contribution in [-0.2, 0) is 0 Å². The number of methoxy groups -OCH3 is 1. The van der Waals surface area contributed by atoms with Gasteiger partial charge in [0.15, 0.2) is 5.76 Å². The summed E-state index contributed by atoms with van der Waals surface area (Å²) in [5.41, 5.74) is 1.48. The van der Waals surface area contributed by atoms with E-state index in [-0.39, 0.29) is 6.08 Å². The van der Waals surface area contributed by atoms with Crippen LogP contribution in [0.2, 0.25) is 0 Å². The van der Waals surface area contributed by atoms with Gasteiger partial charge in [-0.05, 0) is 24.3 Å². The fourth-order valence-electron chi connectivity index (χ4n) is 1.19. The van der Waals surface area contributed by atoms with Crippen molar-refractivity contribution in [2.45, 2.75) is 0 Å². The molecule has 0 aliphatic carbocycles. The molecule has 0 saturated heterocycles. The number of aromatic nitrogens is 1. The van der Waals surface area contributed by atoms with Crippen molar-refractivity contribution in [1.29, 1.82) is 5.26 Å². The molecule has 0 spiro atoms. The minimum Gasteiger partial charge on any atom is -0.454 e. The highest BCUT2D eigenvalue weighted by Crippen LogP contribution is 2.23. The number of benzene rings is 1. The maximum Gasteiger partial charge on any atom is 0.393 e. The molecule has 15 heavy (non-hydrogen) atoms. The van der Waals surface area contributed by atoms with E-state index in [4.69, 9.17) is 14.4 Å². The normalized spacial score (nSPS) is 9.60. The van der Waals surface area contributed by atoms with Crippen molar-refractivity contribution in [2.24, 2.45) is 0 Å². The van der Waals surface area contributed by atoms with Gasteiger partial charge in [-0.2, -0.15) is 10.2 Å². The predicted octanol–water partition coefficient (Wildman–Crippen LogP) is 2.22. The molecule has 0 fully saturated rings. The Balaban J connectivity index is 2.33. The highest BCUT2D eigenvalue weighted by Gasteiger charge is 2.05. The Labute approximate surface area is 86.7 Å². The third kappa shape index (κ3) is 1.81. The molecule has 0 atom stereocenters. The molecule has 1 heterocycles. The lowest BCUT2D eigenvalue weighted by Crippen LogP contribution is -1.79. The fourth-order valence-corrected chi connectivity index (χ4v) is 1.19. The van der Waals surface area contributed by atoms with Gasteiger partial charge in [0, 0.05) is 5.56 Å². The zero-order chi connectivity index (χ0) is 10.7. The minimum absolute atomic E-state index is 0.231. The third-order valence-corrected chi connectivity index (χ3v) is 1.96. The van der Waals surface area contributed by atoms with Crippen molar-refractivity contribution in [3.8, 4) is 23.5 Å². The first-order valence-electron chi connectivity index (χ1n) is 4.34. The molecular weight excluding hydrogens is 192 g/mol. The Morgan fingerprint density at radius 2 is 2.07 bits per heavy atom. The van der Waals surface area contributed by atoms with E-state index in [1.54, 1.807) is 30.5 Å². The molecule has 0 saturated carbocycles. The fraction of sp³-hybridized carbons (Fsp3) is 0.0909. The third-order valence-electron chi connectivity index (χ3n) is 1.96. The Hall–Kier alpha value is -2.28. The zero-order valence-corrected chi connectivity index (χ0v) is 8.10. The second-order valence-corrected chi connectivity index (χ2v) is 2.88. The number of rotatable bonds is 2. The summed E-state index contributed by atoms with van der Waals surface area (Å²) in [7, 11) is 1.49. The number of ether oxygens (including phenoxy) is 1. The van der Waals surface area contributed by atoms with E-state index in [0.29, 0.717) is 11.3 Å². The first-order chi connectivity index (χ1) is 7.33. The van der Waals surface area contributed by atoms with Gasteiger partial charge in [-0.25, -0.2) is 0 Å². The monoisotopic (exact) mass is 200 g/mol. The van der Waals surface area contributed by atoms with Crippen molar-refractivity contribution >= 4 is 0 Å². The summed E-state index contributed by atoms with van der Waals surface area (Å²) in [6.07, 6.45) is 1.81. The Kier molecular flexibility index (Phi) is 2.38. The molecule has 0 unspecified atom stereocenters. The van der Waals surface area contributed by atoms with Crippen molar-refractivity contribution < 1.29 is 9.15 Å². The van der Waals surface area contributed by atoms with Crippen molar-refractivity contribution in [3.63, 3.8) is 0 Å². The molecule has 4 heteroatoms. The SMILES string of the molecule is COc1ncc(-c2ccc(C#N)cc2)o1. The lowest BCUT2D eigenvalue weighted by atomic mass is 10.1. The summed E-state index contributed by atoms with van der Waals surface area (Å²) < 4.78 is 10.1. The Morgan fingerprint density at radius 1 is 1.33 bits per heavy atom. The number of hydrogen-bond donors (Lipinski definition) is 0. The van der Waals surface area contributed by atoms with E-state index < -0.39 is 0 Å². The van der Waals surface area contributed by atoms with Gasteiger partial charge in [0.2, 0.25) is 0 Å². The van der Waals surface area contributed by atoms with Crippen LogP contribution >= 0.6 is 0 Å². The summed E-state index contributed by atoms with van der Waals surface area (Å²) in [5, 5.41) is 8.64. The van der Waals surface area contributed by atoms with Gasteiger partial charge < -0.3 is 9.15 Å². The van der Waals surface area contributed by atoms with Gasteiger partial charge in [-0.3, -0.25) is 0 Å². The molecule has 0 aliphatic heterocycles. The first kappa shape index (κ1) is 9.28. The van der Waals surface area contributed by atoms with Gasteiger partial charge in [-0.1, -0.05) is 0 Å². The van der Waals surface area contributed by atoms with E-state index in [1.807, 2.05) is 0 Å². The molecule has 0 radical (unpaired) electrons. The molecular formula is C11H8N2O2. The highest BCUT2D eigenvalue weighted by molar-refractivity contribution is 5.57. The zero-order valence-electron chi connectivity index (χ0n) is 8.10. The molecule has 2 rings (SSSR count). The molecule has 4 nitrogen and oxygen atoms in total.